The van der Waals surface area contributed by atoms with Crippen LogP contribution in [0.5, 0.6) is 0 Å². The van der Waals surface area contributed by atoms with Gasteiger partial charge in [-0.1, -0.05) is 11.3 Å². The molecule has 1 aromatic heterocycles. The van der Waals surface area contributed by atoms with Crippen molar-refractivity contribution in [3.05, 3.63) is 35.7 Å². The van der Waals surface area contributed by atoms with Crippen LogP contribution >= 0.6 is 11.8 Å². The lowest BCUT2D eigenvalue weighted by atomic mass is 10.2. The van der Waals surface area contributed by atoms with Crippen LogP contribution in [-0.4, -0.2) is 32.3 Å². The first-order valence-electron chi connectivity index (χ1n) is 5.89. The van der Waals surface area contributed by atoms with E-state index in [-0.39, 0.29) is 6.42 Å². The molecule has 0 saturated heterocycles. The van der Waals surface area contributed by atoms with Gasteiger partial charge in [0.15, 0.2) is 0 Å². The van der Waals surface area contributed by atoms with Gasteiger partial charge in [-0.15, -0.1) is 16.9 Å². The zero-order valence-corrected chi connectivity index (χ0v) is 11.6. The van der Waals surface area contributed by atoms with E-state index in [1.807, 2.05) is 37.4 Å². The van der Waals surface area contributed by atoms with Crippen LogP contribution in [0.25, 0.3) is 5.69 Å². The van der Waals surface area contributed by atoms with Gasteiger partial charge in [-0.3, -0.25) is 4.79 Å². The highest BCUT2D eigenvalue weighted by molar-refractivity contribution is 7.98. The van der Waals surface area contributed by atoms with E-state index in [2.05, 4.69) is 10.3 Å². The first-order valence-corrected chi connectivity index (χ1v) is 7.11. The largest absolute Gasteiger partial charge is 0.481 e. The van der Waals surface area contributed by atoms with Crippen molar-refractivity contribution >= 4 is 17.7 Å². The minimum atomic E-state index is -0.821. The Morgan fingerprint density at radius 1 is 1.47 bits per heavy atom. The summed E-state index contributed by atoms with van der Waals surface area (Å²) in [7, 11) is 0. The maximum atomic E-state index is 10.6. The molecule has 0 unspecified atom stereocenters. The van der Waals surface area contributed by atoms with Crippen molar-refractivity contribution < 1.29 is 9.90 Å². The lowest BCUT2D eigenvalue weighted by Gasteiger charge is -2.05. The van der Waals surface area contributed by atoms with Crippen LogP contribution in [0.1, 0.15) is 17.8 Å². The van der Waals surface area contributed by atoms with Crippen molar-refractivity contribution in [1.29, 1.82) is 0 Å². The standard InChI is InChI=1S/C13H15N3O2S/c1-9-12(6-7-13(17)18)14-15-16(9)10-4-3-5-11(8-10)19-2/h3-5,8H,6-7H2,1-2H3,(H,17,18). The Kier molecular flexibility index (Phi) is 4.21. The van der Waals surface area contributed by atoms with Gasteiger partial charge >= 0.3 is 5.97 Å². The van der Waals surface area contributed by atoms with Gasteiger partial charge in [0.1, 0.15) is 0 Å². The van der Waals surface area contributed by atoms with Crippen molar-refractivity contribution in [1.82, 2.24) is 15.0 Å². The maximum Gasteiger partial charge on any atom is 0.303 e. The van der Waals surface area contributed by atoms with Crippen molar-refractivity contribution in [2.24, 2.45) is 0 Å². The Balaban J connectivity index is 2.27. The van der Waals surface area contributed by atoms with Crippen LogP contribution in [0, 0.1) is 6.92 Å². The lowest BCUT2D eigenvalue weighted by Crippen LogP contribution is -2.01. The molecule has 2 aromatic rings. The van der Waals surface area contributed by atoms with E-state index < -0.39 is 5.97 Å². The fourth-order valence-corrected chi connectivity index (χ4v) is 2.26. The number of rotatable bonds is 5. The molecule has 0 aliphatic heterocycles. The van der Waals surface area contributed by atoms with Gasteiger partial charge in [-0.2, -0.15) is 0 Å². The lowest BCUT2D eigenvalue weighted by molar-refractivity contribution is -0.136. The minimum absolute atomic E-state index is 0.0738. The zero-order chi connectivity index (χ0) is 13.8. The Labute approximate surface area is 115 Å². The van der Waals surface area contributed by atoms with Crippen molar-refractivity contribution in [2.75, 3.05) is 6.26 Å². The summed E-state index contributed by atoms with van der Waals surface area (Å²) in [6.45, 7) is 1.91. The molecule has 0 radical (unpaired) electrons. The van der Waals surface area contributed by atoms with E-state index in [0.717, 1.165) is 22.0 Å². The topological polar surface area (TPSA) is 68.0 Å². The summed E-state index contributed by atoms with van der Waals surface area (Å²) in [5.41, 5.74) is 2.56. The number of nitrogens with zero attached hydrogens (tertiary/aromatic N) is 3. The summed E-state index contributed by atoms with van der Waals surface area (Å²) in [4.78, 5) is 11.7. The van der Waals surface area contributed by atoms with E-state index in [1.54, 1.807) is 16.4 Å². The second kappa shape index (κ2) is 5.88. The summed E-state index contributed by atoms with van der Waals surface area (Å²) in [5.74, 6) is -0.821. The third-order valence-electron chi connectivity index (χ3n) is 2.86. The molecule has 1 aromatic carbocycles. The van der Waals surface area contributed by atoms with Gasteiger partial charge in [0.05, 0.1) is 23.5 Å². The molecule has 1 heterocycles. The minimum Gasteiger partial charge on any atom is -0.481 e. The summed E-state index contributed by atoms with van der Waals surface area (Å²) < 4.78 is 1.75. The second-order valence-corrected chi connectivity index (χ2v) is 5.01. The molecule has 5 nitrogen and oxygen atoms in total. The number of carboxylic acid groups (broad SMARTS) is 1. The van der Waals surface area contributed by atoms with Crippen LogP contribution < -0.4 is 0 Å². The molecule has 0 aliphatic carbocycles. The number of carboxylic acids is 1. The predicted octanol–water partition coefficient (Wildman–Crippen LogP) is 2.31. The number of benzene rings is 1. The molecule has 0 atom stereocenters. The Hall–Kier alpha value is -1.82. The summed E-state index contributed by atoms with van der Waals surface area (Å²) in [6.07, 6.45) is 2.50. The highest BCUT2D eigenvalue weighted by atomic mass is 32.2. The van der Waals surface area contributed by atoms with Crippen LogP contribution in [0.3, 0.4) is 0 Å². The highest BCUT2D eigenvalue weighted by Crippen LogP contribution is 2.20. The molecule has 100 valence electrons. The number of hydrogen-bond acceptors (Lipinski definition) is 4. The van der Waals surface area contributed by atoms with Gasteiger partial charge in [-0.05, 0) is 31.4 Å². The van der Waals surface area contributed by atoms with E-state index >= 15 is 0 Å². The van der Waals surface area contributed by atoms with Crippen molar-refractivity contribution in [3.63, 3.8) is 0 Å². The monoisotopic (exact) mass is 277 g/mol. The van der Waals surface area contributed by atoms with Crippen LogP contribution in [0.2, 0.25) is 0 Å². The molecule has 0 aliphatic rings. The third kappa shape index (κ3) is 3.14. The highest BCUT2D eigenvalue weighted by Gasteiger charge is 2.11. The first-order chi connectivity index (χ1) is 9.11. The molecule has 19 heavy (non-hydrogen) atoms. The number of thioether (sulfide) groups is 1. The molecule has 0 amide bonds. The molecule has 0 bridgehead atoms. The van der Waals surface area contributed by atoms with E-state index in [0.29, 0.717) is 6.42 Å². The molecule has 0 saturated carbocycles. The van der Waals surface area contributed by atoms with E-state index in [4.69, 9.17) is 5.11 Å². The molecule has 1 N–H and O–H groups in total. The average Bonchev–Trinajstić information content (AvgIpc) is 2.78. The molecule has 6 heteroatoms. The molecular formula is C13H15N3O2S. The molecule has 0 spiro atoms. The molecular weight excluding hydrogens is 262 g/mol. The SMILES string of the molecule is CSc1cccc(-n2nnc(CCC(=O)O)c2C)c1. The normalized spacial score (nSPS) is 10.6. The van der Waals surface area contributed by atoms with Gasteiger partial charge in [0, 0.05) is 11.3 Å². The van der Waals surface area contributed by atoms with Gasteiger partial charge in [0.2, 0.25) is 0 Å². The van der Waals surface area contributed by atoms with Gasteiger partial charge in [-0.25, -0.2) is 4.68 Å². The van der Waals surface area contributed by atoms with E-state index in [1.165, 1.54) is 0 Å². The summed E-state index contributed by atoms with van der Waals surface area (Å²) >= 11 is 1.67. The van der Waals surface area contributed by atoms with Crippen LogP contribution in [0.15, 0.2) is 29.2 Å². The number of hydrogen-bond donors (Lipinski definition) is 1. The van der Waals surface area contributed by atoms with Gasteiger partial charge in [0.25, 0.3) is 0 Å². The fraction of sp³-hybridized carbons (Fsp3) is 0.308. The second-order valence-electron chi connectivity index (χ2n) is 4.13. The quantitative estimate of drug-likeness (QED) is 0.849. The van der Waals surface area contributed by atoms with Crippen LogP contribution in [-0.2, 0) is 11.2 Å². The number of aliphatic carboxylic acids is 1. The zero-order valence-electron chi connectivity index (χ0n) is 10.8. The average molecular weight is 277 g/mol. The third-order valence-corrected chi connectivity index (χ3v) is 3.59. The first kappa shape index (κ1) is 13.6. The molecule has 2 rings (SSSR count). The van der Waals surface area contributed by atoms with Crippen molar-refractivity contribution in [3.8, 4) is 5.69 Å². The predicted molar refractivity (Wildman–Crippen MR) is 73.8 cm³/mol. The number of carbonyl (C=O) groups is 1. The number of aryl methyl sites for hydroxylation is 1. The van der Waals surface area contributed by atoms with Gasteiger partial charge < -0.3 is 5.11 Å². The number of aromatic nitrogens is 3. The Morgan fingerprint density at radius 3 is 2.95 bits per heavy atom. The molecule has 0 fully saturated rings. The van der Waals surface area contributed by atoms with Crippen molar-refractivity contribution in [2.45, 2.75) is 24.7 Å². The fourth-order valence-electron chi connectivity index (χ4n) is 1.80. The Bertz CT molecular complexity index is 595. The summed E-state index contributed by atoms with van der Waals surface area (Å²) in [5, 5.41) is 16.9. The van der Waals surface area contributed by atoms with E-state index in [9.17, 15) is 4.79 Å². The van der Waals surface area contributed by atoms with Crippen LogP contribution in [0.4, 0.5) is 0 Å². The summed E-state index contributed by atoms with van der Waals surface area (Å²) in [6, 6.07) is 8.00. The Morgan fingerprint density at radius 2 is 2.26 bits per heavy atom. The smallest absolute Gasteiger partial charge is 0.303 e. The maximum absolute atomic E-state index is 10.6.